The molecule has 0 heterocycles. The Hall–Kier alpha value is -2.31. The molecule has 3 heteroatoms. The van der Waals surface area contributed by atoms with Crippen LogP contribution >= 0.6 is 0 Å². The third kappa shape index (κ3) is 7.79. The number of hydrogen-bond acceptors (Lipinski definition) is 0. The van der Waals surface area contributed by atoms with Crippen molar-refractivity contribution in [1.82, 2.24) is 0 Å². The Kier molecular flexibility index (Phi) is 11.7. The number of fused-ring (bicyclic) bond motifs is 3. The molecule has 4 aromatic rings. The van der Waals surface area contributed by atoms with Crippen molar-refractivity contribution in [3.8, 4) is 11.1 Å². The largest absolute Gasteiger partial charge is 1.00 e. The second-order valence-electron chi connectivity index (χ2n) is 21.2. The summed E-state index contributed by atoms with van der Waals surface area (Å²) in [5, 5.41) is 0. The molecule has 0 N–H and O–H groups in total. The molecule has 0 aromatic heterocycles. The van der Waals surface area contributed by atoms with E-state index in [1.54, 1.807) is 28.8 Å². The maximum absolute atomic E-state index is 3.04. The van der Waals surface area contributed by atoms with Crippen LogP contribution in [0.3, 0.4) is 0 Å². The van der Waals surface area contributed by atoms with Crippen LogP contribution in [-0.4, -0.2) is 3.21 Å². The van der Waals surface area contributed by atoms with Gasteiger partial charge in [-0.3, -0.25) is 0 Å². The van der Waals surface area contributed by atoms with Crippen molar-refractivity contribution >= 4 is 6.48 Å². The standard InChI is InChI=1S/C21H25.C18H25.C15H14.2ClH.Zr/c1-20(2,3)16-7-9-18-14(12-16)11-15-13-17(21(4,5)6)8-10-19(15)18;1-12-3-13(2)17(4-12)11-18-8-14-5-15(9-18)7-16(6-14)10-18;1-12-3-7-14(8-4-12)11-15-9-5-13(2)6-10-15;;;/h7-10,12H,11H2,1-6H3;4,12,14-16H,5-11H2,1-2H3;3-10H,1-2H3;2*1H;/q;;;;;+2/p-2. The van der Waals surface area contributed by atoms with Gasteiger partial charge in [-0.25, -0.2) is 0 Å². The van der Waals surface area contributed by atoms with Gasteiger partial charge >= 0.3 is 343 Å². The number of halogens is 2. The number of allylic oxidation sites excluding steroid dienone is 4. The van der Waals surface area contributed by atoms with E-state index in [-0.39, 0.29) is 35.6 Å². The first-order chi connectivity index (χ1) is 26.1. The first kappa shape index (κ1) is 42.8. The van der Waals surface area contributed by atoms with Gasteiger partial charge < -0.3 is 24.8 Å². The first-order valence-corrected chi connectivity index (χ1v) is 25.4. The Labute approximate surface area is 365 Å². The molecule has 10 rings (SSSR count). The Morgan fingerprint density at radius 2 is 1.19 bits per heavy atom. The zero-order valence-corrected chi connectivity index (χ0v) is 40.3. The normalized spacial score (nSPS) is 24.3. The average molecular weight is 875 g/mol. The van der Waals surface area contributed by atoms with Crippen molar-refractivity contribution in [3.05, 3.63) is 144 Å². The Balaban J connectivity index is 0.00000248. The summed E-state index contributed by atoms with van der Waals surface area (Å²) >= 11 is -3.04. The molecule has 4 fully saturated rings. The molecule has 1 unspecified atom stereocenters. The number of aryl methyl sites for hydroxylation is 2. The summed E-state index contributed by atoms with van der Waals surface area (Å²) in [6.45, 7) is 24.2. The predicted octanol–water partition coefficient (Wildman–Crippen LogP) is 7.45. The maximum atomic E-state index is 2.79. The number of rotatable bonds is 6. The molecule has 0 spiro atoms. The molecular weight excluding hydrogens is 811 g/mol. The summed E-state index contributed by atoms with van der Waals surface area (Å²) in [5.74, 6) is 3.43. The summed E-state index contributed by atoms with van der Waals surface area (Å²) in [6.07, 6.45) is 14.2. The van der Waals surface area contributed by atoms with Crippen LogP contribution in [0.4, 0.5) is 0 Å². The molecule has 0 aliphatic heterocycles. The molecule has 0 saturated heterocycles. The van der Waals surface area contributed by atoms with Crippen LogP contribution in [0.5, 0.6) is 0 Å². The van der Waals surface area contributed by atoms with E-state index in [2.05, 4.69) is 154 Å². The van der Waals surface area contributed by atoms with Gasteiger partial charge in [0.25, 0.3) is 0 Å². The van der Waals surface area contributed by atoms with E-state index in [0.717, 1.165) is 24.2 Å². The van der Waals surface area contributed by atoms with Gasteiger partial charge in [0, 0.05) is 0 Å². The minimum atomic E-state index is -3.04. The van der Waals surface area contributed by atoms with Crippen molar-refractivity contribution in [2.75, 3.05) is 0 Å². The number of benzene rings is 4. The zero-order valence-electron chi connectivity index (χ0n) is 36.3. The van der Waals surface area contributed by atoms with Crippen molar-refractivity contribution < 1.29 is 46.1 Å². The summed E-state index contributed by atoms with van der Waals surface area (Å²) in [6, 6.07) is 31.8. The molecule has 6 aliphatic carbocycles. The molecule has 57 heavy (non-hydrogen) atoms. The molecule has 0 amide bonds. The summed E-state index contributed by atoms with van der Waals surface area (Å²) in [7, 11) is 0. The van der Waals surface area contributed by atoms with Crippen LogP contribution in [0.15, 0.2) is 99.4 Å². The molecule has 0 radical (unpaired) electrons. The third-order valence-corrected chi connectivity index (χ3v) is 23.4. The molecule has 4 saturated carbocycles. The van der Waals surface area contributed by atoms with Crippen LogP contribution in [0.1, 0.15) is 145 Å². The molecule has 4 aromatic carbocycles. The SMILES string of the molecule is CC1=[C]([Zr+2](=[C](c2ccc(C)cc2)c2ccc(C)cc2)[c]2c(C(C)(C)C)ccc3c2Cc2cc(C(C)(C)C)ccc2-3)C(C)C=C1CC12CC3CC(CC(C3)C1)C2.[Cl-].[Cl-]. The Morgan fingerprint density at radius 1 is 0.667 bits per heavy atom. The minimum Gasteiger partial charge on any atom is -1.00 e. The van der Waals surface area contributed by atoms with E-state index >= 15 is 0 Å². The van der Waals surface area contributed by atoms with E-state index in [1.807, 2.05) is 3.28 Å². The molecule has 4 bridgehead atoms. The molecule has 1 atom stereocenters. The van der Waals surface area contributed by atoms with Crippen LogP contribution in [0.2, 0.25) is 0 Å². The fourth-order valence-corrected chi connectivity index (χ4v) is 22.4. The molecule has 298 valence electrons. The van der Waals surface area contributed by atoms with Gasteiger partial charge in [0.2, 0.25) is 0 Å². The van der Waals surface area contributed by atoms with Crippen LogP contribution in [0.25, 0.3) is 11.1 Å². The second-order valence-corrected chi connectivity index (χ2v) is 26.8. The van der Waals surface area contributed by atoms with Crippen LogP contribution < -0.4 is 28.1 Å². The van der Waals surface area contributed by atoms with Gasteiger partial charge in [0.15, 0.2) is 0 Å². The summed E-state index contributed by atoms with van der Waals surface area (Å²) in [5.41, 5.74) is 18.8. The van der Waals surface area contributed by atoms with Gasteiger partial charge in [0.1, 0.15) is 0 Å². The molecule has 6 aliphatic rings. The predicted molar refractivity (Wildman–Crippen MR) is 232 cm³/mol. The topological polar surface area (TPSA) is 0 Å². The summed E-state index contributed by atoms with van der Waals surface area (Å²) in [4.78, 5) is 0. The minimum absolute atomic E-state index is 0. The van der Waals surface area contributed by atoms with Crippen LogP contribution in [-0.2, 0) is 38.5 Å². The zero-order chi connectivity index (χ0) is 38.6. The quantitative estimate of drug-likeness (QED) is 0.167. The van der Waals surface area contributed by atoms with Gasteiger partial charge in [-0.2, -0.15) is 0 Å². The van der Waals surface area contributed by atoms with E-state index in [0.29, 0.717) is 11.3 Å². The maximum Gasteiger partial charge on any atom is -1.00 e. The monoisotopic (exact) mass is 872 g/mol. The van der Waals surface area contributed by atoms with Gasteiger partial charge in [-0.05, 0) is 0 Å². The fraction of sp³-hybridized carbons (Fsp3) is 0.463. The van der Waals surface area contributed by atoms with Crippen molar-refractivity contribution in [2.45, 2.75) is 131 Å². The summed E-state index contributed by atoms with van der Waals surface area (Å²) < 4.78 is 5.27. The van der Waals surface area contributed by atoms with Gasteiger partial charge in [-0.1, -0.05) is 0 Å². The number of hydrogen-bond donors (Lipinski definition) is 0. The molecule has 0 nitrogen and oxygen atoms in total. The van der Waals surface area contributed by atoms with Gasteiger partial charge in [-0.15, -0.1) is 0 Å². The van der Waals surface area contributed by atoms with E-state index < -0.39 is 21.3 Å². The van der Waals surface area contributed by atoms with Crippen molar-refractivity contribution in [3.63, 3.8) is 0 Å². The van der Waals surface area contributed by atoms with E-state index in [1.165, 1.54) is 89.5 Å². The van der Waals surface area contributed by atoms with Crippen LogP contribution in [0, 0.1) is 42.9 Å². The second kappa shape index (κ2) is 15.6. The fourth-order valence-electron chi connectivity index (χ4n) is 12.5. The van der Waals surface area contributed by atoms with Gasteiger partial charge in [0.05, 0.1) is 0 Å². The Morgan fingerprint density at radius 3 is 1.70 bits per heavy atom. The smallest absolute Gasteiger partial charge is 1.00 e. The average Bonchev–Trinajstić information content (AvgIpc) is 3.61. The van der Waals surface area contributed by atoms with Crippen molar-refractivity contribution in [1.29, 1.82) is 0 Å². The Bertz CT molecular complexity index is 2200. The first-order valence-electron chi connectivity index (χ1n) is 21.7. The van der Waals surface area contributed by atoms with E-state index in [4.69, 9.17) is 0 Å². The van der Waals surface area contributed by atoms with E-state index in [9.17, 15) is 0 Å². The third-order valence-electron chi connectivity index (χ3n) is 14.7. The molecular formula is C54H64Cl2Zr. The van der Waals surface area contributed by atoms with Crippen molar-refractivity contribution in [2.24, 2.45) is 29.1 Å².